The molecule has 1 heterocycles. The summed E-state index contributed by atoms with van der Waals surface area (Å²) in [5.74, 6) is 0. The predicted octanol–water partition coefficient (Wildman–Crippen LogP) is 4.17. The zero-order chi connectivity index (χ0) is 13.3. The van der Waals surface area contributed by atoms with Gasteiger partial charge in [-0.15, -0.1) is 0 Å². The van der Waals surface area contributed by atoms with Crippen LogP contribution in [-0.4, -0.2) is 21.4 Å². The summed E-state index contributed by atoms with van der Waals surface area (Å²) < 4.78 is 0. The van der Waals surface area contributed by atoms with E-state index in [1.54, 1.807) is 0 Å². The average Bonchev–Trinajstić information content (AvgIpc) is 2.14. The van der Waals surface area contributed by atoms with Crippen LogP contribution in [0.2, 0.25) is 0 Å². The van der Waals surface area contributed by atoms with Gasteiger partial charge in [0.15, 0.2) is 0 Å². The molecular weight excluding hydrogens is 208 g/mol. The number of hydrogen-bond acceptors (Lipinski definition) is 2. The van der Waals surface area contributed by atoms with Crippen molar-refractivity contribution in [3.63, 3.8) is 0 Å². The van der Waals surface area contributed by atoms with Gasteiger partial charge in [0.25, 0.3) is 0 Å². The highest BCUT2D eigenvalue weighted by Crippen LogP contribution is 2.32. The molecule has 98 valence electrons. The van der Waals surface area contributed by atoms with Gasteiger partial charge in [0.1, 0.15) is 0 Å². The molecule has 1 aliphatic heterocycles. The van der Waals surface area contributed by atoms with Gasteiger partial charge in [-0.1, -0.05) is 20.8 Å². The van der Waals surface area contributed by atoms with Crippen LogP contribution >= 0.6 is 0 Å². The van der Waals surface area contributed by atoms with Crippen LogP contribution in [-0.2, 0) is 0 Å². The van der Waals surface area contributed by atoms with Gasteiger partial charge in [0, 0.05) is 36.4 Å². The average molecular weight is 236 g/mol. The molecule has 0 unspecified atom stereocenters. The van der Waals surface area contributed by atoms with Crippen molar-refractivity contribution in [1.82, 2.24) is 9.80 Å². The Bertz CT molecular complexity index is 291. The molecule has 0 atom stereocenters. The molecule has 0 radical (unpaired) electrons. The Morgan fingerprint density at radius 1 is 0.882 bits per heavy atom. The van der Waals surface area contributed by atoms with Crippen molar-refractivity contribution < 1.29 is 0 Å². The highest BCUT2D eigenvalue weighted by molar-refractivity contribution is 5.07. The minimum atomic E-state index is 0.161. The van der Waals surface area contributed by atoms with Gasteiger partial charge in [-0.05, 0) is 39.5 Å². The Kier molecular flexibility index (Phi) is 3.95. The summed E-state index contributed by atoms with van der Waals surface area (Å²) in [7, 11) is 0. The second kappa shape index (κ2) is 4.75. The molecular formula is C15H28N2. The number of hydrogen-bond donors (Lipinski definition) is 0. The van der Waals surface area contributed by atoms with Gasteiger partial charge in [-0.3, -0.25) is 0 Å². The zero-order valence-corrected chi connectivity index (χ0v) is 12.5. The zero-order valence-electron chi connectivity index (χ0n) is 12.5. The van der Waals surface area contributed by atoms with Gasteiger partial charge in [0.2, 0.25) is 0 Å². The first-order chi connectivity index (χ1) is 7.62. The van der Waals surface area contributed by atoms with Crippen LogP contribution in [0, 0.1) is 5.41 Å². The van der Waals surface area contributed by atoms with Crippen molar-refractivity contribution in [3.05, 3.63) is 24.8 Å². The molecule has 2 heteroatoms. The lowest BCUT2D eigenvalue weighted by atomic mass is 9.81. The van der Waals surface area contributed by atoms with E-state index in [-0.39, 0.29) is 5.54 Å². The van der Waals surface area contributed by atoms with Gasteiger partial charge in [-0.2, -0.15) is 0 Å². The van der Waals surface area contributed by atoms with Crippen LogP contribution < -0.4 is 0 Å². The summed E-state index contributed by atoms with van der Waals surface area (Å²) in [6.07, 6.45) is 9.86. The minimum Gasteiger partial charge on any atom is -0.349 e. The van der Waals surface area contributed by atoms with Crippen molar-refractivity contribution in [3.8, 4) is 0 Å². The predicted molar refractivity (Wildman–Crippen MR) is 75.2 cm³/mol. The van der Waals surface area contributed by atoms with Crippen LogP contribution in [0.1, 0.15) is 54.9 Å². The molecule has 2 nitrogen and oxygen atoms in total. The van der Waals surface area contributed by atoms with E-state index in [0.29, 0.717) is 11.5 Å². The normalized spacial score (nSPS) is 17.2. The van der Waals surface area contributed by atoms with E-state index in [1.807, 2.05) is 0 Å². The standard InChI is InChI=1S/C15H28N2/c1-13(2)16-8-10-17(11-9-16)15(6,7)12-14(3,4)5/h8-11,13H,12H2,1-7H3. The Morgan fingerprint density at radius 2 is 1.35 bits per heavy atom. The molecule has 1 aliphatic rings. The Labute approximate surface area is 107 Å². The maximum Gasteiger partial charge on any atom is 0.0390 e. The van der Waals surface area contributed by atoms with Crippen molar-refractivity contribution in [2.75, 3.05) is 0 Å². The van der Waals surface area contributed by atoms with E-state index >= 15 is 0 Å². The van der Waals surface area contributed by atoms with E-state index in [0.717, 1.165) is 6.42 Å². The fourth-order valence-electron chi connectivity index (χ4n) is 2.53. The summed E-state index contributed by atoms with van der Waals surface area (Å²) in [6.45, 7) is 15.9. The maximum absolute atomic E-state index is 2.32. The molecule has 0 saturated carbocycles. The quantitative estimate of drug-likeness (QED) is 0.725. The summed E-state index contributed by atoms with van der Waals surface area (Å²) >= 11 is 0. The van der Waals surface area contributed by atoms with Gasteiger partial charge in [-0.25, -0.2) is 0 Å². The van der Waals surface area contributed by atoms with Crippen molar-refractivity contribution >= 4 is 0 Å². The van der Waals surface area contributed by atoms with Crippen LogP contribution in [0.25, 0.3) is 0 Å². The highest BCUT2D eigenvalue weighted by Gasteiger charge is 2.29. The molecule has 0 spiro atoms. The van der Waals surface area contributed by atoms with E-state index in [9.17, 15) is 0 Å². The maximum atomic E-state index is 2.32. The van der Waals surface area contributed by atoms with Crippen molar-refractivity contribution in [2.45, 2.75) is 66.5 Å². The van der Waals surface area contributed by atoms with Crippen molar-refractivity contribution in [1.29, 1.82) is 0 Å². The molecule has 0 bridgehead atoms. The molecule has 0 fully saturated rings. The second-order valence-electron chi connectivity index (χ2n) is 7.09. The Balaban J connectivity index is 2.70. The first-order valence-electron chi connectivity index (χ1n) is 6.54. The molecule has 17 heavy (non-hydrogen) atoms. The summed E-state index contributed by atoms with van der Waals surface area (Å²) in [6, 6.07) is 0.523. The molecule has 0 saturated heterocycles. The largest absolute Gasteiger partial charge is 0.349 e. The first-order valence-corrected chi connectivity index (χ1v) is 6.54. The van der Waals surface area contributed by atoms with Gasteiger partial charge in [0.05, 0.1) is 0 Å². The fourth-order valence-corrected chi connectivity index (χ4v) is 2.53. The van der Waals surface area contributed by atoms with Crippen LogP contribution in [0.4, 0.5) is 0 Å². The topological polar surface area (TPSA) is 6.48 Å². The lowest BCUT2D eigenvalue weighted by molar-refractivity contribution is 0.158. The SMILES string of the molecule is CC(C)N1C=CN(C(C)(C)CC(C)(C)C)C=C1. The van der Waals surface area contributed by atoms with Crippen molar-refractivity contribution in [2.24, 2.45) is 5.41 Å². The molecule has 0 aromatic carbocycles. The highest BCUT2D eigenvalue weighted by atomic mass is 15.2. The van der Waals surface area contributed by atoms with Crippen LogP contribution in [0.15, 0.2) is 24.8 Å². The van der Waals surface area contributed by atoms with E-state index < -0.39 is 0 Å². The summed E-state index contributed by atoms with van der Waals surface area (Å²) in [5.41, 5.74) is 0.509. The summed E-state index contributed by atoms with van der Waals surface area (Å²) in [5, 5.41) is 0. The van der Waals surface area contributed by atoms with Crippen LogP contribution in [0.3, 0.4) is 0 Å². The summed E-state index contributed by atoms with van der Waals surface area (Å²) in [4.78, 5) is 4.54. The van der Waals surface area contributed by atoms with E-state index in [2.05, 4.69) is 83.1 Å². The van der Waals surface area contributed by atoms with E-state index in [1.165, 1.54) is 0 Å². The third kappa shape index (κ3) is 4.10. The first kappa shape index (κ1) is 14.1. The molecule has 0 N–H and O–H groups in total. The van der Waals surface area contributed by atoms with Gasteiger partial charge >= 0.3 is 0 Å². The lowest BCUT2D eigenvalue weighted by Crippen LogP contribution is -2.42. The third-order valence-corrected chi connectivity index (χ3v) is 3.06. The number of rotatable bonds is 3. The van der Waals surface area contributed by atoms with Gasteiger partial charge < -0.3 is 9.80 Å². The Hall–Kier alpha value is -0.920. The fraction of sp³-hybridized carbons (Fsp3) is 0.733. The monoisotopic (exact) mass is 236 g/mol. The van der Waals surface area contributed by atoms with E-state index in [4.69, 9.17) is 0 Å². The van der Waals surface area contributed by atoms with Crippen LogP contribution in [0.5, 0.6) is 0 Å². The molecule has 0 aliphatic carbocycles. The molecule has 0 aromatic rings. The smallest absolute Gasteiger partial charge is 0.0390 e. The third-order valence-electron chi connectivity index (χ3n) is 3.06. The Morgan fingerprint density at radius 3 is 1.71 bits per heavy atom. The number of nitrogens with zero attached hydrogens (tertiary/aromatic N) is 2. The molecule has 0 amide bonds. The second-order valence-corrected chi connectivity index (χ2v) is 7.09. The lowest BCUT2D eigenvalue weighted by Gasteiger charge is -2.42. The molecule has 1 rings (SSSR count). The minimum absolute atomic E-state index is 0.161. The molecule has 0 aromatic heterocycles.